The number of aliphatic carboxylic acids is 1. The number of rotatable bonds is 5. The molecular weight excluding hydrogens is 286 g/mol. The van der Waals surface area contributed by atoms with Crippen molar-refractivity contribution >= 4 is 22.0 Å². The van der Waals surface area contributed by atoms with E-state index in [-0.39, 0.29) is 11.1 Å². The molecule has 116 valence electrons. The maximum atomic E-state index is 11.2. The van der Waals surface area contributed by atoms with Crippen LogP contribution in [0.25, 0.3) is 0 Å². The molecule has 0 radical (unpaired) electrons. The molecule has 8 heteroatoms. The van der Waals surface area contributed by atoms with Crippen molar-refractivity contribution in [1.82, 2.24) is 5.32 Å². The fourth-order valence-corrected chi connectivity index (χ4v) is 1.89. The lowest BCUT2D eigenvalue weighted by atomic mass is 10.1. The molecule has 0 heterocycles. The summed E-state index contributed by atoms with van der Waals surface area (Å²) in [4.78, 5) is 20.8. The van der Waals surface area contributed by atoms with Crippen LogP contribution in [-0.2, 0) is 19.7 Å². The van der Waals surface area contributed by atoms with Crippen molar-refractivity contribution in [3.63, 3.8) is 0 Å². The van der Waals surface area contributed by atoms with Gasteiger partial charge in [0, 0.05) is 11.1 Å². The Morgan fingerprint density at radius 1 is 1.15 bits per heavy atom. The standard InChI is InChI=1S/C8H15NO4S.C4H6O2/c1-6(2)7(10)9-8(3,4)5-14(11,12)13;1-3(2)4(5)6/h1,5H2,2-4H3,(H,9,10)(H,11,12,13);1H2,2H3,(H,5,6). The Labute approximate surface area is 119 Å². The molecule has 0 aromatic heterocycles. The first-order chi connectivity index (χ1) is 8.68. The molecule has 0 aliphatic heterocycles. The summed E-state index contributed by atoms with van der Waals surface area (Å²) in [7, 11) is -4.10. The number of carboxylic acid groups (broad SMARTS) is 1. The Morgan fingerprint density at radius 3 is 1.70 bits per heavy atom. The third-order valence-corrected chi connectivity index (χ3v) is 2.83. The summed E-state index contributed by atoms with van der Waals surface area (Å²) in [6.45, 7) is 12.5. The average Bonchev–Trinajstić information content (AvgIpc) is 2.12. The Kier molecular flexibility index (Phi) is 8.06. The van der Waals surface area contributed by atoms with Gasteiger partial charge in [-0.2, -0.15) is 8.42 Å². The number of carboxylic acids is 1. The molecule has 7 nitrogen and oxygen atoms in total. The summed E-state index contributed by atoms with van der Waals surface area (Å²) in [5, 5.41) is 10.3. The highest BCUT2D eigenvalue weighted by atomic mass is 32.2. The Balaban J connectivity index is 0. The van der Waals surface area contributed by atoms with Gasteiger partial charge in [0.2, 0.25) is 5.91 Å². The fraction of sp³-hybridized carbons (Fsp3) is 0.500. The van der Waals surface area contributed by atoms with Crippen molar-refractivity contribution in [3.05, 3.63) is 24.3 Å². The minimum atomic E-state index is -4.10. The van der Waals surface area contributed by atoms with E-state index in [4.69, 9.17) is 9.66 Å². The molecule has 0 aliphatic carbocycles. The lowest BCUT2D eigenvalue weighted by molar-refractivity contribution is -0.132. The number of nitrogens with one attached hydrogen (secondary N) is 1. The first kappa shape index (κ1) is 20.6. The number of hydrogen-bond acceptors (Lipinski definition) is 4. The van der Waals surface area contributed by atoms with E-state index in [0.717, 1.165) is 0 Å². The normalized spacial score (nSPS) is 10.8. The molecule has 0 atom stereocenters. The van der Waals surface area contributed by atoms with Crippen molar-refractivity contribution in [2.45, 2.75) is 33.2 Å². The highest BCUT2D eigenvalue weighted by Crippen LogP contribution is 2.06. The molecule has 0 aliphatic rings. The first-order valence-corrected chi connectivity index (χ1v) is 7.11. The average molecular weight is 307 g/mol. The monoisotopic (exact) mass is 307 g/mol. The Bertz CT molecular complexity index is 492. The Hall–Kier alpha value is -1.67. The smallest absolute Gasteiger partial charge is 0.330 e. The maximum absolute atomic E-state index is 11.2. The zero-order valence-corrected chi connectivity index (χ0v) is 12.9. The second-order valence-electron chi connectivity index (χ2n) is 4.93. The molecule has 3 N–H and O–H groups in total. The van der Waals surface area contributed by atoms with Crippen LogP contribution in [0.5, 0.6) is 0 Å². The molecule has 20 heavy (non-hydrogen) atoms. The second kappa shape index (κ2) is 7.81. The van der Waals surface area contributed by atoms with Crippen LogP contribution < -0.4 is 5.32 Å². The quantitative estimate of drug-likeness (QED) is 0.514. The third-order valence-electron chi connectivity index (χ3n) is 1.75. The SMILES string of the molecule is C=C(C)C(=O)NC(C)(C)CS(=O)(=O)O.C=C(C)C(=O)O. The molecule has 0 saturated heterocycles. The van der Waals surface area contributed by atoms with E-state index >= 15 is 0 Å². The van der Waals surface area contributed by atoms with Gasteiger partial charge in [0.15, 0.2) is 0 Å². The van der Waals surface area contributed by atoms with Crippen LogP contribution in [-0.4, -0.2) is 41.2 Å². The van der Waals surface area contributed by atoms with Crippen LogP contribution in [0.1, 0.15) is 27.7 Å². The van der Waals surface area contributed by atoms with Gasteiger partial charge in [-0.05, 0) is 27.7 Å². The summed E-state index contributed by atoms with van der Waals surface area (Å²) >= 11 is 0. The summed E-state index contributed by atoms with van der Waals surface area (Å²) in [5.41, 5.74) is -0.549. The van der Waals surface area contributed by atoms with E-state index in [0.29, 0.717) is 0 Å². The van der Waals surface area contributed by atoms with Gasteiger partial charge in [0.1, 0.15) is 0 Å². The largest absolute Gasteiger partial charge is 0.478 e. The van der Waals surface area contributed by atoms with Crippen LogP contribution in [0.4, 0.5) is 0 Å². The van der Waals surface area contributed by atoms with Gasteiger partial charge >= 0.3 is 5.97 Å². The van der Waals surface area contributed by atoms with Crippen molar-refractivity contribution < 1.29 is 27.7 Å². The molecule has 0 unspecified atom stereocenters. The van der Waals surface area contributed by atoms with E-state index in [1.165, 1.54) is 27.7 Å². The van der Waals surface area contributed by atoms with Crippen molar-refractivity contribution in [1.29, 1.82) is 0 Å². The number of carbonyl (C=O) groups is 2. The van der Waals surface area contributed by atoms with Crippen LogP contribution in [0, 0.1) is 0 Å². The van der Waals surface area contributed by atoms with Gasteiger partial charge in [-0.15, -0.1) is 0 Å². The molecule has 0 saturated carbocycles. The summed E-state index contributed by atoms with van der Waals surface area (Å²) < 4.78 is 29.8. The lowest BCUT2D eigenvalue weighted by Crippen LogP contribution is -2.48. The predicted molar refractivity (Wildman–Crippen MR) is 75.9 cm³/mol. The van der Waals surface area contributed by atoms with Gasteiger partial charge < -0.3 is 10.4 Å². The predicted octanol–water partition coefficient (Wildman–Crippen LogP) is 0.992. The highest BCUT2D eigenvalue weighted by Gasteiger charge is 2.26. The third kappa shape index (κ3) is 12.8. The number of carbonyl (C=O) groups excluding carboxylic acids is 1. The van der Waals surface area contributed by atoms with E-state index < -0.39 is 33.3 Å². The van der Waals surface area contributed by atoms with Crippen LogP contribution >= 0.6 is 0 Å². The van der Waals surface area contributed by atoms with Gasteiger partial charge in [0.25, 0.3) is 10.1 Å². The highest BCUT2D eigenvalue weighted by molar-refractivity contribution is 7.85. The van der Waals surface area contributed by atoms with Crippen molar-refractivity contribution in [2.75, 3.05) is 5.75 Å². The van der Waals surface area contributed by atoms with E-state index in [2.05, 4.69) is 18.5 Å². The molecular formula is C12H21NO6S. The van der Waals surface area contributed by atoms with Gasteiger partial charge in [-0.3, -0.25) is 9.35 Å². The zero-order chi connectivity index (χ0) is 16.7. The molecule has 0 aromatic carbocycles. The molecule has 0 bridgehead atoms. The summed E-state index contributed by atoms with van der Waals surface area (Å²) in [5.74, 6) is -1.90. The van der Waals surface area contributed by atoms with E-state index in [9.17, 15) is 18.0 Å². The van der Waals surface area contributed by atoms with Gasteiger partial charge in [-0.1, -0.05) is 13.2 Å². The lowest BCUT2D eigenvalue weighted by Gasteiger charge is -2.24. The number of hydrogen-bond donors (Lipinski definition) is 3. The molecule has 0 spiro atoms. The first-order valence-electron chi connectivity index (χ1n) is 5.50. The fourth-order valence-electron chi connectivity index (χ4n) is 0.906. The van der Waals surface area contributed by atoms with E-state index in [1.54, 1.807) is 0 Å². The number of amides is 1. The van der Waals surface area contributed by atoms with Crippen LogP contribution in [0.3, 0.4) is 0 Å². The van der Waals surface area contributed by atoms with Crippen LogP contribution in [0.15, 0.2) is 24.3 Å². The topological polar surface area (TPSA) is 121 Å². The molecule has 0 rings (SSSR count). The van der Waals surface area contributed by atoms with Crippen molar-refractivity contribution in [2.24, 2.45) is 0 Å². The van der Waals surface area contributed by atoms with Gasteiger partial charge in [-0.25, -0.2) is 4.79 Å². The minimum absolute atomic E-state index is 0.176. The molecule has 0 fully saturated rings. The minimum Gasteiger partial charge on any atom is -0.478 e. The summed E-state index contributed by atoms with van der Waals surface area (Å²) in [6, 6.07) is 0. The van der Waals surface area contributed by atoms with E-state index in [1.807, 2.05) is 0 Å². The Morgan fingerprint density at radius 2 is 1.50 bits per heavy atom. The van der Waals surface area contributed by atoms with Crippen LogP contribution in [0.2, 0.25) is 0 Å². The van der Waals surface area contributed by atoms with Crippen molar-refractivity contribution in [3.8, 4) is 0 Å². The zero-order valence-electron chi connectivity index (χ0n) is 12.1. The maximum Gasteiger partial charge on any atom is 0.330 e. The summed E-state index contributed by atoms with van der Waals surface area (Å²) in [6.07, 6.45) is 0. The second-order valence-corrected chi connectivity index (χ2v) is 6.38. The van der Waals surface area contributed by atoms with Gasteiger partial charge in [0.05, 0.1) is 11.3 Å². The molecule has 0 aromatic rings. The molecule has 1 amide bonds.